The van der Waals surface area contributed by atoms with E-state index >= 15 is 0 Å². The third-order valence-electron chi connectivity index (χ3n) is 4.57. The first kappa shape index (κ1) is 18.0. The smallest absolute Gasteiger partial charge is 0.399 e. The number of halogens is 1. The van der Waals surface area contributed by atoms with Crippen LogP contribution < -0.4 is 10.9 Å². The van der Waals surface area contributed by atoms with Gasteiger partial charge in [0.2, 0.25) is 5.13 Å². The number of aromatic nitrogens is 1. The Morgan fingerprint density at radius 2 is 1.92 bits per heavy atom. The van der Waals surface area contributed by atoms with E-state index in [1.807, 2.05) is 40.0 Å². The maximum Gasteiger partial charge on any atom is 0.495 e. The number of nitrogens with zero attached hydrogens (tertiary/aromatic N) is 2. The molecule has 0 bridgehead atoms. The Balaban J connectivity index is 1.85. The Hall–Kier alpha value is -1.77. The van der Waals surface area contributed by atoms with Gasteiger partial charge in [-0.15, -0.1) is 11.3 Å². The van der Waals surface area contributed by atoms with Crippen molar-refractivity contribution in [2.45, 2.75) is 45.8 Å². The summed E-state index contributed by atoms with van der Waals surface area (Å²) >= 11 is 1.44. The van der Waals surface area contributed by atoms with Gasteiger partial charge in [-0.2, -0.15) is 5.10 Å². The Kier molecular flexibility index (Phi) is 4.70. The van der Waals surface area contributed by atoms with E-state index in [1.54, 1.807) is 12.1 Å². The number of nitrogens with one attached hydrogen (secondary N) is 1. The Morgan fingerprint density at radius 3 is 2.52 bits per heavy atom. The fourth-order valence-corrected chi connectivity index (χ4v) is 3.06. The van der Waals surface area contributed by atoms with Gasteiger partial charge < -0.3 is 9.31 Å². The van der Waals surface area contributed by atoms with Crippen LogP contribution in [-0.2, 0) is 9.31 Å². The lowest BCUT2D eigenvalue weighted by Gasteiger charge is -2.32. The van der Waals surface area contributed by atoms with E-state index in [2.05, 4.69) is 15.5 Å². The molecule has 1 aliphatic heterocycles. The van der Waals surface area contributed by atoms with Gasteiger partial charge in [0, 0.05) is 10.9 Å². The molecule has 0 spiro atoms. The minimum Gasteiger partial charge on any atom is -0.399 e. The molecule has 2 aromatic rings. The number of thiazole rings is 1. The van der Waals surface area contributed by atoms with Crippen molar-refractivity contribution in [2.75, 3.05) is 5.43 Å². The van der Waals surface area contributed by atoms with Gasteiger partial charge in [-0.1, -0.05) is 12.1 Å². The second kappa shape index (κ2) is 6.51. The van der Waals surface area contributed by atoms with Gasteiger partial charge in [-0.05, 0) is 46.1 Å². The quantitative estimate of drug-likeness (QED) is 0.516. The summed E-state index contributed by atoms with van der Waals surface area (Å²) in [5, 5.41) is 6.68. The lowest BCUT2D eigenvalue weighted by Crippen LogP contribution is -2.41. The summed E-state index contributed by atoms with van der Waals surface area (Å²) in [5.74, 6) is -0.381. The fraction of sp³-hybridized carbons (Fsp3) is 0.412. The zero-order valence-electron chi connectivity index (χ0n) is 15.0. The molecule has 5 nitrogen and oxygen atoms in total. The molecule has 1 aromatic carbocycles. The van der Waals surface area contributed by atoms with Crippen molar-refractivity contribution in [3.63, 3.8) is 0 Å². The van der Waals surface area contributed by atoms with E-state index < -0.39 is 18.3 Å². The van der Waals surface area contributed by atoms with E-state index in [-0.39, 0.29) is 5.82 Å². The van der Waals surface area contributed by atoms with Crippen LogP contribution in [0.5, 0.6) is 0 Å². The first-order chi connectivity index (χ1) is 11.7. The summed E-state index contributed by atoms with van der Waals surface area (Å²) in [4.78, 5) is 4.25. The summed E-state index contributed by atoms with van der Waals surface area (Å²) in [7, 11) is -0.649. The minimum atomic E-state index is -0.649. The lowest BCUT2D eigenvalue weighted by molar-refractivity contribution is 0.00578. The third-order valence-corrected chi connectivity index (χ3v) is 5.43. The number of aryl methyl sites for hydroxylation is 1. The molecular weight excluding hydrogens is 340 g/mol. The summed E-state index contributed by atoms with van der Waals surface area (Å²) in [5.41, 5.74) is 3.69. The topological polar surface area (TPSA) is 55.7 Å². The van der Waals surface area contributed by atoms with Crippen molar-refractivity contribution in [2.24, 2.45) is 5.10 Å². The molecule has 0 aliphatic carbocycles. The molecule has 3 rings (SSSR count). The molecule has 2 heterocycles. The molecule has 0 unspecified atom stereocenters. The van der Waals surface area contributed by atoms with E-state index in [0.29, 0.717) is 16.2 Å². The number of hydrazone groups is 1. The number of anilines is 1. The number of benzene rings is 1. The zero-order valence-corrected chi connectivity index (χ0v) is 15.8. The molecule has 8 heteroatoms. The van der Waals surface area contributed by atoms with Crippen LogP contribution in [0.15, 0.2) is 28.7 Å². The largest absolute Gasteiger partial charge is 0.495 e. The Bertz CT molecular complexity index is 791. The second-order valence-electron chi connectivity index (χ2n) is 7.00. The van der Waals surface area contributed by atoms with Gasteiger partial charge in [0.05, 0.1) is 23.1 Å². The highest BCUT2D eigenvalue weighted by atomic mass is 32.1. The van der Waals surface area contributed by atoms with Gasteiger partial charge >= 0.3 is 7.12 Å². The highest BCUT2D eigenvalue weighted by Crippen LogP contribution is 2.36. The number of rotatable bonds is 4. The maximum atomic E-state index is 14.4. The van der Waals surface area contributed by atoms with Crippen molar-refractivity contribution >= 4 is 35.3 Å². The van der Waals surface area contributed by atoms with E-state index in [4.69, 9.17) is 9.31 Å². The third kappa shape index (κ3) is 3.61. The molecule has 1 aromatic heterocycles. The summed E-state index contributed by atoms with van der Waals surface area (Å²) < 4.78 is 26.4. The normalized spacial score (nSPS) is 18.9. The Morgan fingerprint density at radius 1 is 1.24 bits per heavy atom. The zero-order chi connectivity index (χ0) is 18.2. The van der Waals surface area contributed by atoms with Crippen LogP contribution >= 0.6 is 11.3 Å². The molecule has 25 heavy (non-hydrogen) atoms. The lowest BCUT2D eigenvalue weighted by atomic mass is 9.76. The molecule has 1 aliphatic rings. The van der Waals surface area contributed by atoms with Gasteiger partial charge in [0.1, 0.15) is 5.82 Å². The van der Waals surface area contributed by atoms with Gasteiger partial charge in [-0.25, -0.2) is 9.37 Å². The predicted molar refractivity (Wildman–Crippen MR) is 100 cm³/mol. The standard InChI is InChI=1S/C17H21BFN3O2S/c1-11-10-25-15(21-11)22-20-9-12-13(7-6-8-14(12)19)18-23-16(2,3)17(4,5)24-18/h6-10H,1-5H3,(H,21,22). The van der Waals surface area contributed by atoms with Gasteiger partial charge in [0.25, 0.3) is 0 Å². The van der Waals surface area contributed by atoms with Crippen LogP contribution in [0, 0.1) is 12.7 Å². The van der Waals surface area contributed by atoms with Crippen molar-refractivity contribution in [3.05, 3.63) is 40.7 Å². The average Bonchev–Trinajstić information content (AvgIpc) is 3.01. The highest BCUT2D eigenvalue weighted by molar-refractivity contribution is 7.13. The van der Waals surface area contributed by atoms with Crippen LogP contribution in [0.25, 0.3) is 0 Å². The van der Waals surface area contributed by atoms with Crippen LogP contribution in [0.4, 0.5) is 9.52 Å². The predicted octanol–water partition coefficient (Wildman–Crippen LogP) is 3.34. The highest BCUT2D eigenvalue weighted by Gasteiger charge is 2.52. The van der Waals surface area contributed by atoms with Gasteiger partial charge in [-0.3, -0.25) is 5.43 Å². The fourth-order valence-electron chi connectivity index (χ4n) is 2.42. The van der Waals surface area contributed by atoms with Crippen molar-refractivity contribution in [3.8, 4) is 0 Å². The SMILES string of the molecule is Cc1csc(NN=Cc2c(F)cccc2B2OC(C)(C)C(C)(C)O2)n1. The van der Waals surface area contributed by atoms with Gasteiger partial charge in [0.15, 0.2) is 0 Å². The first-order valence-electron chi connectivity index (χ1n) is 8.05. The van der Waals surface area contributed by atoms with Crippen molar-refractivity contribution in [1.82, 2.24) is 4.98 Å². The molecule has 0 atom stereocenters. The summed E-state index contributed by atoms with van der Waals surface area (Å²) in [6.07, 6.45) is 1.44. The summed E-state index contributed by atoms with van der Waals surface area (Å²) in [6, 6.07) is 4.83. The number of hydrogen-bond donors (Lipinski definition) is 1. The van der Waals surface area contributed by atoms with Crippen molar-refractivity contribution < 1.29 is 13.7 Å². The molecule has 1 saturated heterocycles. The van der Waals surface area contributed by atoms with Crippen molar-refractivity contribution in [1.29, 1.82) is 0 Å². The van der Waals surface area contributed by atoms with Crippen LogP contribution in [0.3, 0.4) is 0 Å². The van der Waals surface area contributed by atoms with Crippen LogP contribution in [-0.4, -0.2) is 29.5 Å². The van der Waals surface area contributed by atoms with E-state index in [0.717, 1.165) is 5.69 Å². The van der Waals surface area contributed by atoms with Crippen LogP contribution in [0.1, 0.15) is 39.0 Å². The Labute approximate surface area is 151 Å². The average molecular weight is 361 g/mol. The van der Waals surface area contributed by atoms with E-state index in [1.165, 1.54) is 23.6 Å². The number of hydrogen-bond acceptors (Lipinski definition) is 6. The maximum absolute atomic E-state index is 14.4. The molecule has 132 valence electrons. The first-order valence-corrected chi connectivity index (χ1v) is 8.93. The molecule has 1 fully saturated rings. The van der Waals surface area contributed by atoms with E-state index in [9.17, 15) is 4.39 Å². The molecule has 0 saturated carbocycles. The molecule has 0 radical (unpaired) electrons. The monoisotopic (exact) mass is 361 g/mol. The molecule has 0 amide bonds. The minimum absolute atomic E-state index is 0.335. The summed E-state index contributed by atoms with van der Waals surface area (Å²) in [6.45, 7) is 9.76. The van der Waals surface area contributed by atoms with Crippen LogP contribution in [0.2, 0.25) is 0 Å². The molecule has 1 N–H and O–H groups in total. The second-order valence-corrected chi connectivity index (χ2v) is 7.85. The molecular formula is C17H21BFN3O2S.